The number of hydrogen-bond acceptors (Lipinski definition) is 4. The van der Waals surface area contributed by atoms with Crippen LogP contribution in [0, 0.1) is 11.8 Å². The molecule has 0 radical (unpaired) electrons. The number of nitrogens with one attached hydrogen (secondary N) is 1. The molecule has 1 saturated carbocycles. The maximum Gasteiger partial charge on any atom is 0.407 e. The van der Waals surface area contributed by atoms with Crippen LogP contribution in [0.5, 0.6) is 0 Å². The van der Waals surface area contributed by atoms with Crippen molar-refractivity contribution in [1.29, 1.82) is 0 Å². The summed E-state index contributed by atoms with van der Waals surface area (Å²) in [7, 11) is 0. The lowest BCUT2D eigenvalue weighted by atomic mass is 9.90. The van der Waals surface area contributed by atoms with Crippen molar-refractivity contribution in [3.8, 4) is 11.1 Å². The minimum Gasteiger partial charge on any atom is -0.481 e. The van der Waals surface area contributed by atoms with E-state index < -0.39 is 24.5 Å². The molecule has 2 atom stereocenters. The number of carbonyl (C=O) groups excluding carboxylic acids is 2. The highest BCUT2D eigenvalue weighted by Gasteiger charge is 2.37. The zero-order chi connectivity index (χ0) is 24.4. The molecule has 3 aliphatic rings. The van der Waals surface area contributed by atoms with Crippen molar-refractivity contribution in [1.82, 2.24) is 10.2 Å². The van der Waals surface area contributed by atoms with Gasteiger partial charge in [-0.1, -0.05) is 74.2 Å². The molecule has 2 fully saturated rings. The number of rotatable bonds is 7. The van der Waals surface area contributed by atoms with E-state index in [0.717, 1.165) is 28.7 Å². The van der Waals surface area contributed by atoms with Gasteiger partial charge in [0.1, 0.15) is 12.6 Å². The molecular formula is C28H32N2O5. The van der Waals surface area contributed by atoms with Gasteiger partial charge in [0, 0.05) is 19.0 Å². The fourth-order valence-corrected chi connectivity index (χ4v) is 6.18. The molecule has 7 nitrogen and oxygen atoms in total. The van der Waals surface area contributed by atoms with Gasteiger partial charge < -0.3 is 20.1 Å². The highest BCUT2D eigenvalue weighted by Crippen LogP contribution is 2.44. The maximum atomic E-state index is 13.2. The first-order valence-electron chi connectivity index (χ1n) is 12.6. The van der Waals surface area contributed by atoms with Gasteiger partial charge in [-0.2, -0.15) is 0 Å². The molecule has 5 rings (SSSR count). The van der Waals surface area contributed by atoms with Crippen molar-refractivity contribution in [2.45, 2.75) is 50.5 Å². The molecule has 1 heterocycles. The number of carboxylic acid groups (broad SMARTS) is 1. The number of carbonyl (C=O) groups is 3. The van der Waals surface area contributed by atoms with Crippen LogP contribution in [0.1, 0.15) is 55.6 Å². The second-order valence-corrected chi connectivity index (χ2v) is 10.00. The molecule has 2 aliphatic carbocycles. The van der Waals surface area contributed by atoms with E-state index in [1.165, 1.54) is 25.7 Å². The number of ether oxygens (including phenoxy) is 1. The normalized spacial score (nSPS) is 20.3. The summed E-state index contributed by atoms with van der Waals surface area (Å²) in [6, 6.07) is 15.0. The third-order valence-electron chi connectivity index (χ3n) is 7.92. The summed E-state index contributed by atoms with van der Waals surface area (Å²) in [5.41, 5.74) is 4.44. The van der Waals surface area contributed by atoms with Gasteiger partial charge in [-0.15, -0.1) is 0 Å². The molecule has 2 N–H and O–H groups in total. The average molecular weight is 477 g/mol. The van der Waals surface area contributed by atoms with E-state index >= 15 is 0 Å². The summed E-state index contributed by atoms with van der Waals surface area (Å²) in [5.74, 6) is -0.440. The third-order valence-corrected chi connectivity index (χ3v) is 7.92. The molecular weight excluding hydrogens is 444 g/mol. The van der Waals surface area contributed by atoms with Crippen molar-refractivity contribution in [2.24, 2.45) is 11.8 Å². The molecule has 1 saturated heterocycles. The fraction of sp³-hybridized carbons (Fsp3) is 0.464. The monoisotopic (exact) mass is 476 g/mol. The molecule has 2 amide bonds. The average Bonchev–Trinajstić information content (AvgIpc) is 3.61. The Labute approximate surface area is 205 Å². The lowest BCUT2D eigenvalue weighted by Crippen LogP contribution is -2.49. The Morgan fingerprint density at radius 2 is 1.57 bits per heavy atom. The quantitative estimate of drug-likeness (QED) is 0.617. The van der Waals surface area contributed by atoms with Crippen LogP contribution < -0.4 is 5.32 Å². The molecule has 0 bridgehead atoms. The smallest absolute Gasteiger partial charge is 0.407 e. The Hall–Kier alpha value is -3.35. The van der Waals surface area contributed by atoms with E-state index in [1.54, 1.807) is 4.90 Å². The number of alkyl carbamates (subject to hydrolysis) is 1. The number of likely N-dealkylation sites (tertiary alicyclic amines) is 1. The number of fused-ring (bicyclic) bond motifs is 3. The fourth-order valence-electron chi connectivity index (χ4n) is 6.18. The van der Waals surface area contributed by atoms with Crippen LogP contribution in [0.2, 0.25) is 0 Å². The van der Waals surface area contributed by atoms with Crippen LogP contribution in [-0.4, -0.2) is 53.7 Å². The largest absolute Gasteiger partial charge is 0.481 e. The molecule has 0 spiro atoms. The van der Waals surface area contributed by atoms with Crippen LogP contribution in [0.4, 0.5) is 4.79 Å². The summed E-state index contributed by atoms with van der Waals surface area (Å²) < 4.78 is 5.55. The van der Waals surface area contributed by atoms with Crippen molar-refractivity contribution in [3.05, 3.63) is 59.7 Å². The van der Waals surface area contributed by atoms with Crippen LogP contribution >= 0.6 is 0 Å². The second kappa shape index (κ2) is 10.1. The van der Waals surface area contributed by atoms with Gasteiger partial charge in [-0.05, 0) is 40.5 Å². The number of hydrogen-bond donors (Lipinski definition) is 2. The van der Waals surface area contributed by atoms with Gasteiger partial charge in [0.2, 0.25) is 5.91 Å². The number of benzene rings is 2. The molecule has 184 valence electrons. The van der Waals surface area contributed by atoms with Gasteiger partial charge in [0.05, 0.1) is 6.42 Å². The van der Waals surface area contributed by atoms with Crippen LogP contribution in [-0.2, 0) is 14.3 Å². The molecule has 2 unspecified atom stereocenters. The third kappa shape index (κ3) is 4.90. The van der Waals surface area contributed by atoms with E-state index in [9.17, 15) is 19.5 Å². The summed E-state index contributed by atoms with van der Waals surface area (Å²) >= 11 is 0. The van der Waals surface area contributed by atoms with Gasteiger partial charge in [-0.25, -0.2) is 4.79 Å². The van der Waals surface area contributed by atoms with Crippen molar-refractivity contribution < 1.29 is 24.2 Å². The molecule has 0 aromatic heterocycles. The lowest BCUT2D eigenvalue weighted by Gasteiger charge is -2.24. The molecule has 1 aliphatic heterocycles. The van der Waals surface area contributed by atoms with Crippen LogP contribution in [0.3, 0.4) is 0 Å². The van der Waals surface area contributed by atoms with E-state index in [1.807, 2.05) is 36.4 Å². The zero-order valence-corrected chi connectivity index (χ0v) is 19.8. The summed E-state index contributed by atoms with van der Waals surface area (Å²) in [6.07, 6.45) is 4.64. The molecule has 2 aromatic carbocycles. The minimum atomic E-state index is -1.13. The van der Waals surface area contributed by atoms with E-state index in [-0.39, 0.29) is 18.4 Å². The number of amides is 2. The van der Waals surface area contributed by atoms with Gasteiger partial charge >= 0.3 is 12.1 Å². The van der Waals surface area contributed by atoms with Crippen molar-refractivity contribution >= 4 is 18.0 Å². The number of carboxylic acids is 1. The lowest BCUT2D eigenvalue weighted by molar-refractivity contribution is -0.142. The number of aliphatic carboxylic acids is 1. The maximum absolute atomic E-state index is 13.2. The Bertz CT molecular complexity index is 1060. The summed E-state index contributed by atoms with van der Waals surface area (Å²) in [6.45, 7) is 1.37. The van der Waals surface area contributed by atoms with Gasteiger partial charge in [-0.3, -0.25) is 9.59 Å². The van der Waals surface area contributed by atoms with Crippen LogP contribution in [0.15, 0.2) is 48.5 Å². The van der Waals surface area contributed by atoms with Crippen LogP contribution in [0.25, 0.3) is 11.1 Å². The van der Waals surface area contributed by atoms with Crippen molar-refractivity contribution in [2.75, 3.05) is 19.7 Å². The van der Waals surface area contributed by atoms with E-state index in [0.29, 0.717) is 24.9 Å². The highest BCUT2D eigenvalue weighted by molar-refractivity contribution is 5.89. The zero-order valence-electron chi connectivity index (χ0n) is 19.8. The molecule has 7 heteroatoms. The summed E-state index contributed by atoms with van der Waals surface area (Å²) in [4.78, 5) is 39.1. The number of nitrogens with zero attached hydrogens (tertiary/aromatic N) is 1. The highest BCUT2D eigenvalue weighted by atomic mass is 16.5. The Balaban J connectivity index is 1.22. The van der Waals surface area contributed by atoms with E-state index in [2.05, 4.69) is 17.4 Å². The topological polar surface area (TPSA) is 95.9 Å². The first kappa shape index (κ1) is 23.4. The second-order valence-electron chi connectivity index (χ2n) is 10.00. The summed E-state index contributed by atoms with van der Waals surface area (Å²) in [5, 5.41) is 11.9. The Morgan fingerprint density at radius 1 is 0.943 bits per heavy atom. The Morgan fingerprint density at radius 3 is 2.20 bits per heavy atom. The molecule has 35 heavy (non-hydrogen) atoms. The van der Waals surface area contributed by atoms with Crippen molar-refractivity contribution in [3.63, 3.8) is 0 Å². The molecule has 2 aromatic rings. The predicted molar refractivity (Wildman–Crippen MR) is 131 cm³/mol. The SMILES string of the molecule is O=C(O)CC(NC(=O)OCC1c2ccccc2-c2ccccc21)C(=O)N1CCC(C2CCCC2)C1. The van der Waals surface area contributed by atoms with Gasteiger partial charge in [0.15, 0.2) is 0 Å². The minimum absolute atomic E-state index is 0.104. The Kier molecular flexibility index (Phi) is 6.75. The standard InChI is InChI=1S/C28H32N2O5/c31-26(32)15-25(27(33)30-14-13-19(16-30)18-7-1-2-8-18)29-28(34)35-17-24-22-11-5-3-9-20(22)21-10-4-6-12-23(21)24/h3-6,9-12,18-19,24-25H,1-2,7-8,13-17H2,(H,29,34)(H,31,32). The predicted octanol–water partition coefficient (Wildman–Crippen LogP) is 4.41. The first-order chi connectivity index (χ1) is 17.0. The van der Waals surface area contributed by atoms with E-state index in [4.69, 9.17) is 4.74 Å². The first-order valence-corrected chi connectivity index (χ1v) is 12.6. The van der Waals surface area contributed by atoms with Gasteiger partial charge in [0.25, 0.3) is 0 Å².